The van der Waals surface area contributed by atoms with Gasteiger partial charge in [-0.25, -0.2) is 9.59 Å². The molecule has 2 aromatic carbocycles. The molecule has 0 saturated heterocycles. The van der Waals surface area contributed by atoms with Crippen LogP contribution in [-0.2, 0) is 9.47 Å². The number of non-ortho nitro benzene ring substituents is 1. The molecule has 0 fully saturated rings. The zero-order chi connectivity index (χ0) is 19.1. The van der Waals surface area contributed by atoms with Crippen LogP contribution >= 0.6 is 0 Å². The highest BCUT2D eigenvalue weighted by molar-refractivity contribution is 5.96. The molecule has 0 aromatic heterocycles. The van der Waals surface area contributed by atoms with Gasteiger partial charge in [0.2, 0.25) is 0 Å². The molecule has 2 aromatic rings. The van der Waals surface area contributed by atoms with Crippen molar-refractivity contribution in [1.82, 2.24) is 0 Å². The van der Waals surface area contributed by atoms with Gasteiger partial charge in [-0.2, -0.15) is 0 Å². The van der Waals surface area contributed by atoms with Gasteiger partial charge in [-0.05, 0) is 24.6 Å². The van der Waals surface area contributed by atoms with E-state index in [4.69, 9.17) is 9.47 Å². The maximum Gasteiger partial charge on any atom is 0.338 e. The highest BCUT2D eigenvalue weighted by atomic mass is 16.6. The van der Waals surface area contributed by atoms with Crippen LogP contribution in [0.25, 0.3) is 0 Å². The molecule has 8 nitrogen and oxygen atoms in total. The lowest BCUT2D eigenvalue weighted by atomic mass is 10.1. The Morgan fingerprint density at radius 2 is 1.69 bits per heavy atom. The number of aryl methyl sites for hydroxylation is 1. The van der Waals surface area contributed by atoms with Crippen LogP contribution in [0.5, 0.6) is 5.75 Å². The number of nitrogens with zero attached hydrogens (tertiary/aromatic N) is 1. The number of hydrogen-bond donors (Lipinski definition) is 0. The van der Waals surface area contributed by atoms with E-state index in [2.05, 4.69) is 4.74 Å². The third-order valence-electron chi connectivity index (χ3n) is 3.45. The zero-order valence-electron chi connectivity index (χ0n) is 14.3. The van der Waals surface area contributed by atoms with Gasteiger partial charge in [0.1, 0.15) is 19.0 Å². The summed E-state index contributed by atoms with van der Waals surface area (Å²) in [6.45, 7) is 1.96. The standard InChI is InChI=1S/C18H17NO7/c1-12-5-3-4-6-16(12)25-7-8-26-18(21)14-9-13(17(20)24-2)10-15(11-14)19(22)23/h3-6,9-11H,7-8H2,1-2H3. The number of benzene rings is 2. The molecule has 0 radical (unpaired) electrons. The van der Waals surface area contributed by atoms with Crippen LogP contribution in [-0.4, -0.2) is 37.2 Å². The molecule has 0 heterocycles. The van der Waals surface area contributed by atoms with Gasteiger partial charge in [-0.1, -0.05) is 18.2 Å². The second-order valence-corrected chi connectivity index (χ2v) is 5.27. The number of carbonyl (C=O) groups is 2. The molecule has 0 amide bonds. The van der Waals surface area contributed by atoms with Gasteiger partial charge in [0, 0.05) is 12.1 Å². The van der Waals surface area contributed by atoms with Crippen molar-refractivity contribution >= 4 is 17.6 Å². The van der Waals surface area contributed by atoms with E-state index in [-0.39, 0.29) is 24.3 Å². The lowest BCUT2D eigenvalue weighted by Crippen LogP contribution is -2.14. The van der Waals surface area contributed by atoms with Gasteiger partial charge in [-0.3, -0.25) is 10.1 Å². The minimum Gasteiger partial charge on any atom is -0.490 e. The van der Waals surface area contributed by atoms with Gasteiger partial charge in [0.15, 0.2) is 0 Å². The lowest BCUT2D eigenvalue weighted by molar-refractivity contribution is -0.384. The molecule has 0 aliphatic rings. The Hall–Kier alpha value is -3.42. The minimum absolute atomic E-state index is 0.0522. The molecule has 0 aliphatic heterocycles. The molecule has 8 heteroatoms. The number of methoxy groups -OCH3 is 1. The number of carbonyl (C=O) groups excluding carboxylic acids is 2. The summed E-state index contributed by atoms with van der Waals surface area (Å²) >= 11 is 0. The van der Waals surface area contributed by atoms with Gasteiger partial charge < -0.3 is 14.2 Å². The summed E-state index contributed by atoms with van der Waals surface area (Å²) in [5.41, 5.74) is 0.316. The van der Waals surface area contributed by atoms with E-state index < -0.39 is 22.5 Å². The number of para-hydroxylation sites is 1. The molecule has 0 atom stereocenters. The number of esters is 2. The van der Waals surface area contributed by atoms with E-state index in [1.807, 2.05) is 25.1 Å². The summed E-state index contributed by atoms with van der Waals surface area (Å²) < 4.78 is 15.1. The van der Waals surface area contributed by atoms with Crippen LogP contribution in [0.1, 0.15) is 26.3 Å². The maximum atomic E-state index is 12.1. The van der Waals surface area contributed by atoms with Gasteiger partial charge in [0.05, 0.1) is 23.2 Å². The Bertz CT molecular complexity index is 832. The number of nitro benzene ring substituents is 1. The van der Waals surface area contributed by atoms with Crippen molar-refractivity contribution in [3.05, 3.63) is 69.3 Å². The second-order valence-electron chi connectivity index (χ2n) is 5.27. The van der Waals surface area contributed by atoms with Crippen molar-refractivity contribution in [2.75, 3.05) is 20.3 Å². The normalized spacial score (nSPS) is 10.1. The monoisotopic (exact) mass is 359 g/mol. The van der Waals surface area contributed by atoms with Crippen LogP contribution in [0.4, 0.5) is 5.69 Å². The van der Waals surface area contributed by atoms with Crippen molar-refractivity contribution in [3.63, 3.8) is 0 Å². The van der Waals surface area contributed by atoms with Crippen molar-refractivity contribution < 1.29 is 28.7 Å². The average molecular weight is 359 g/mol. The van der Waals surface area contributed by atoms with Crippen molar-refractivity contribution in [2.45, 2.75) is 6.92 Å². The Morgan fingerprint density at radius 3 is 2.31 bits per heavy atom. The number of nitro groups is 1. The summed E-state index contributed by atoms with van der Waals surface area (Å²) in [6, 6.07) is 10.6. The van der Waals surface area contributed by atoms with E-state index in [0.717, 1.165) is 24.8 Å². The SMILES string of the molecule is COC(=O)c1cc(C(=O)OCCOc2ccccc2C)cc([N+](=O)[O-])c1. The topological polar surface area (TPSA) is 105 Å². The number of ether oxygens (including phenoxy) is 3. The van der Waals surface area contributed by atoms with Crippen molar-refractivity contribution in [3.8, 4) is 5.75 Å². The molecule has 0 saturated carbocycles. The molecular formula is C18H17NO7. The lowest BCUT2D eigenvalue weighted by Gasteiger charge is -2.09. The fourth-order valence-electron chi connectivity index (χ4n) is 2.16. The summed E-state index contributed by atoms with van der Waals surface area (Å²) in [6.07, 6.45) is 0. The Balaban J connectivity index is 2.02. The zero-order valence-corrected chi connectivity index (χ0v) is 14.3. The van der Waals surface area contributed by atoms with E-state index in [1.54, 1.807) is 6.07 Å². The first kappa shape index (κ1) is 18.9. The van der Waals surface area contributed by atoms with Gasteiger partial charge >= 0.3 is 11.9 Å². The molecule has 0 bridgehead atoms. The summed E-state index contributed by atoms with van der Waals surface area (Å²) in [5.74, 6) is -0.912. The first-order valence-corrected chi connectivity index (χ1v) is 7.65. The molecule has 0 aliphatic carbocycles. The fraction of sp³-hybridized carbons (Fsp3) is 0.222. The molecule has 0 N–H and O–H groups in total. The van der Waals surface area contributed by atoms with Crippen molar-refractivity contribution in [2.24, 2.45) is 0 Å². The highest BCUT2D eigenvalue weighted by Gasteiger charge is 2.19. The predicted octanol–water partition coefficient (Wildman–Crippen LogP) is 2.93. The quantitative estimate of drug-likeness (QED) is 0.324. The summed E-state index contributed by atoms with van der Waals surface area (Å²) in [4.78, 5) is 34.0. The average Bonchev–Trinajstić information content (AvgIpc) is 2.65. The summed E-state index contributed by atoms with van der Waals surface area (Å²) in [5, 5.41) is 11.0. The Labute approximate surface area is 149 Å². The van der Waals surface area contributed by atoms with Crippen LogP contribution in [0.3, 0.4) is 0 Å². The molecule has 2 rings (SSSR count). The van der Waals surface area contributed by atoms with E-state index >= 15 is 0 Å². The van der Waals surface area contributed by atoms with Gasteiger partial charge in [0.25, 0.3) is 5.69 Å². The van der Waals surface area contributed by atoms with Crippen LogP contribution in [0, 0.1) is 17.0 Å². The second kappa shape index (κ2) is 8.61. The molecular weight excluding hydrogens is 342 g/mol. The third-order valence-corrected chi connectivity index (χ3v) is 3.45. The smallest absolute Gasteiger partial charge is 0.338 e. The van der Waals surface area contributed by atoms with E-state index in [1.165, 1.54) is 6.07 Å². The number of hydrogen-bond acceptors (Lipinski definition) is 7. The molecule has 26 heavy (non-hydrogen) atoms. The Kier molecular flexibility index (Phi) is 6.26. The highest BCUT2D eigenvalue weighted by Crippen LogP contribution is 2.19. The summed E-state index contributed by atoms with van der Waals surface area (Å²) in [7, 11) is 1.14. The first-order chi connectivity index (χ1) is 12.4. The third kappa shape index (κ3) is 4.79. The molecule has 136 valence electrons. The van der Waals surface area contributed by atoms with Gasteiger partial charge in [-0.15, -0.1) is 0 Å². The molecule has 0 spiro atoms. The first-order valence-electron chi connectivity index (χ1n) is 7.65. The Morgan fingerprint density at radius 1 is 1.04 bits per heavy atom. The molecule has 0 unspecified atom stereocenters. The maximum absolute atomic E-state index is 12.1. The number of rotatable bonds is 7. The van der Waals surface area contributed by atoms with E-state index in [0.29, 0.717) is 5.75 Å². The van der Waals surface area contributed by atoms with E-state index in [9.17, 15) is 19.7 Å². The van der Waals surface area contributed by atoms with Crippen LogP contribution in [0.15, 0.2) is 42.5 Å². The van der Waals surface area contributed by atoms with Crippen LogP contribution < -0.4 is 4.74 Å². The van der Waals surface area contributed by atoms with Crippen molar-refractivity contribution in [1.29, 1.82) is 0 Å². The fourth-order valence-corrected chi connectivity index (χ4v) is 2.16. The minimum atomic E-state index is -0.799. The van der Waals surface area contributed by atoms with Crippen LogP contribution in [0.2, 0.25) is 0 Å². The largest absolute Gasteiger partial charge is 0.490 e. The predicted molar refractivity (Wildman–Crippen MR) is 91.4 cm³/mol.